The van der Waals surface area contributed by atoms with Crippen molar-refractivity contribution < 1.29 is 14.3 Å². The van der Waals surface area contributed by atoms with Gasteiger partial charge in [0.1, 0.15) is 6.61 Å². The predicted molar refractivity (Wildman–Crippen MR) is 93.8 cm³/mol. The van der Waals surface area contributed by atoms with Crippen molar-refractivity contribution in [2.45, 2.75) is 6.10 Å². The van der Waals surface area contributed by atoms with Crippen LogP contribution < -0.4 is 14.9 Å². The van der Waals surface area contributed by atoms with Gasteiger partial charge in [-0.25, -0.2) is 5.43 Å². The van der Waals surface area contributed by atoms with E-state index in [2.05, 4.69) is 15.5 Å². The largest absolute Gasteiger partial charge is 0.485 e. The lowest BCUT2D eigenvalue weighted by atomic mass is 10.1. The van der Waals surface area contributed by atoms with Gasteiger partial charge in [-0.1, -0.05) is 30.3 Å². The Labute approximate surface area is 144 Å². The number of nitrogens with zero attached hydrogens (tertiary/aromatic N) is 2. The Morgan fingerprint density at radius 1 is 1.16 bits per heavy atom. The summed E-state index contributed by atoms with van der Waals surface area (Å²) in [6.07, 6.45) is 4.09. The van der Waals surface area contributed by atoms with Crippen molar-refractivity contribution >= 4 is 22.9 Å². The zero-order chi connectivity index (χ0) is 17.1. The van der Waals surface area contributed by atoms with Crippen LogP contribution >= 0.6 is 0 Å². The van der Waals surface area contributed by atoms with E-state index in [9.17, 15) is 4.79 Å². The van der Waals surface area contributed by atoms with Crippen LogP contribution in [0.15, 0.2) is 66.0 Å². The van der Waals surface area contributed by atoms with Crippen LogP contribution in [0, 0.1) is 0 Å². The summed E-state index contributed by atoms with van der Waals surface area (Å²) in [6, 6.07) is 15.3. The van der Waals surface area contributed by atoms with Crippen molar-refractivity contribution in [2.24, 2.45) is 5.10 Å². The molecule has 0 saturated heterocycles. The average molecular weight is 333 g/mol. The Kier molecular flexibility index (Phi) is 4.00. The lowest BCUT2D eigenvalue weighted by Crippen LogP contribution is -2.42. The number of aromatic nitrogens is 1. The topological polar surface area (TPSA) is 72.8 Å². The molecule has 0 fully saturated rings. The summed E-state index contributed by atoms with van der Waals surface area (Å²) < 4.78 is 11.5. The molecule has 0 unspecified atom stereocenters. The normalized spacial score (nSPS) is 16.1. The highest BCUT2D eigenvalue weighted by Gasteiger charge is 2.27. The highest BCUT2D eigenvalue weighted by atomic mass is 16.6. The van der Waals surface area contributed by atoms with Crippen molar-refractivity contribution in [3.05, 3.63) is 66.5 Å². The number of nitrogens with one attached hydrogen (secondary N) is 1. The van der Waals surface area contributed by atoms with Crippen LogP contribution in [0.4, 0.5) is 0 Å². The van der Waals surface area contributed by atoms with E-state index >= 15 is 0 Å². The highest BCUT2D eigenvalue weighted by Crippen LogP contribution is 2.35. The molecule has 0 saturated carbocycles. The molecule has 0 bridgehead atoms. The molecule has 6 heteroatoms. The molecule has 124 valence electrons. The molecule has 6 nitrogen and oxygen atoms in total. The van der Waals surface area contributed by atoms with E-state index in [1.165, 1.54) is 6.21 Å². The van der Waals surface area contributed by atoms with Crippen molar-refractivity contribution in [3.63, 3.8) is 0 Å². The van der Waals surface area contributed by atoms with E-state index in [1.807, 2.05) is 42.5 Å². The van der Waals surface area contributed by atoms with E-state index in [-0.39, 0.29) is 12.5 Å². The van der Waals surface area contributed by atoms with Gasteiger partial charge >= 0.3 is 0 Å². The number of ether oxygens (including phenoxy) is 2. The number of carbonyl (C=O) groups is 1. The van der Waals surface area contributed by atoms with Crippen LogP contribution in [0.25, 0.3) is 10.8 Å². The van der Waals surface area contributed by atoms with Gasteiger partial charge in [0, 0.05) is 18.0 Å². The second-order valence-corrected chi connectivity index (χ2v) is 5.58. The molecule has 3 aromatic rings. The second-order valence-electron chi connectivity index (χ2n) is 5.58. The van der Waals surface area contributed by atoms with Gasteiger partial charge in [-0.15, -0.1) is 0 Å². The molecular formula is C19H15N3O3. The lowest BCUT2D eigenvalue weighted by molar-refractivity contribution is -0.130. The number of hydrazone groups is 1. The second kappa shape index (κ2) is 6.60. The van der Waals surface area contributed by atoms with Crippen LogP contribution in [0.3, 0.4) is 0 Å². The van der Waals surface area contributed by atoms with Crippen molar-refractivity contribution in [2.75, 3.05) is 6.61 Å². The third-order valence-corrected chi connectivity index (χ3v) is 3.84. The van der Waals surface area contributed by atoms with Gasteiger partial charge in [-0.3, -0.25) is 9.78 Å². The van der Waals surface area contributed by atoms with Crippen LogP contribution in [0.5, 0.6) is 11.5 Å². The SMILES string of the molecule is O=C(NN=Cc1cccnc1)[C@H]1COc2cc3ccccc3cc2O1. The number of pyridine rings is 1. The predicted octanol–water partition coefficient (Wildman–Crippen LogP) is 2.52. The van der Waals surface area contributed by atoms with Crippen LogP contribution in [0.2, 0.25) is 0 Å². The van der Waals surface area contributed by atoms with E-state index in [4.69, 9.17) is 9.47 Å². The molecule has 1 atom stereocenters. The number of hydrogen-bond acceptors (Lipinski definition) is 5. The van der Waals surface area contributed by atoms with Gasteiger partial charge in [0.2, 0.25) is 6.10 Å². The first-order valence-corrected chi connectivity index (χ1v) is 7.85. The fourth-order valence-corrected chi connectivity index (χ4v) is 2.58. The zero-order valence-corrected chi connectivity index (χ0v) is 13.3. The third kappa shape index (κ3) is 3.28. The highest BCUT2D eigenvalue weighted by molar-refractivity contribution is 5.87. The first kappa shape index (κ1) is 15.1. The van der Waals surface area contributed by atoms with Crippen molar-refractivity contribution in [1.82, 2.24) is 10.4 Å². The monoisotopic (exact) mass is 333 g/mol. The average Bonchev–Trinajstić information content (AvgIpc) is 2.66. The first-order valence-electron chi connectivity index (χ1n) is 7.85. The molecule has 25 heavy (non-hydrogen) atoms. The van der Waals surface area contributed by atoms with Crippen LogP contribution in [0.1, 0.15) is 5.56 Å². The summed E-state index contributed by atoms with van der Waals surface area (Å²) in [5, 5.41) is 6.01. The van der Waals surface area contributed by atoms with Gasteiger partial charge in [0.25, 0.3) is 5.91 Å². The number of carbonyl (C=O) groups excluding carboxylic acids is 1. The minimum Gasteiger partial charge on any atom is -0.485 e. The van der Waals surface area contributed by atoms with E-state index in [0.717, 1.165) is 16.3 Å². The quantitative estimate of drug-likeness (QED) is 0.590. The summed E-state index contributed by atoms with van der Waals surface area (Å²) in [5.41, 5.74) is 3.26. The summed E-state index contributed by atoms with van der Waals surface area (Å²) in [5.74, 6) is 0.835. The molecule has 1 aliphatic rings. The Bertz CT molecular complexity index is 941. The lowest BCUT2D eigenvalue weighted by Gasteiger charge is -2.25. The first-order chi connectivity index (χ1) is 12.3. The van der Waals surface area contributed by atoms with Gasteiger partial charge in [-0.2, -0.15) is 5.10 Å². The molecule has 1 aromatic heterocycles. The van der Waals surface area contributed by atoms with E-state index < -0.39 is 6.10 Å². The summed E-state index contributed by atoms with van der Waals surface area (Å²) >= 11 is 0. The van der Waals surface area contributed by atoms with Crippen LogP contribution in [-0.4, -0.2) is 29.8 Å². The van der Waals surface area contributed by atoms with E-state index in [1.54, 1.807) is 18.5 Å². The number of fused-ring (bicyclic) bond motifs is 2. The molecule has 2 heterocycles. The molecule has 0 aliphatic carbocycles. The Morgan fingerprint density at radius 3 is 2.72 bits per heavy atom. The zero-order valence-electron chi connectivity index (χ0n) is 13.3. The number of rotatable bonds is 3. The molecule has 1 amide bonds. The third-order valence-electron chi connectivity index (χ3n) is 3.84. The smallest absolute Gasteiger partial charge is 0.284 e. The Morgan fingerprint density at radius 2 is 1.96 bits per heavy atom. The molecule has 0 spiro atoms. The van der Waals surface area contributed by atoms with Gasteiger partial charge < -0.3 is 9.47 Å². The number of amides is 1. The number of hydrogen-bond donors (Lipinski definition) is 1. The summed E-state index contributed by atoms with van der Waals surface area (Å²) in [6.45, 7) is 0.138. The van der Waals surface area contributed by atoms with Crippen molar-refractivity contribution in [3.8, 4) is 11.5 Å². The van der Waals surface area contributed by atoms with Gasteiger partial charge in [0.05, 0.1) is 6.21 Å². The molecule has 4 rings (SSSR count). The molecule has 1 N–H and O–H groups in total. The maximum Gasteiger partial charge on any atom is 0.284 e. The van der Waals surface area contributed by atoms with Crippen molar-refractivity contribution in [1.29, 1.82) is 0 Å². The Balaban J connectivity index is 1.45. The van der Waals surface area contributed by atoms with Gasteiger partial charge in [-0.05, 0) is 29.0 Å². The maximum absolute atomic E-state index is 12.2. The standard InChI is InChI=1S/C19H15N3O3/c23-19(22-21-11-13-4-3-7-20-10-13)18-12-24-16-8-14-5-1-2-6-15(14)9-17(16)25-18/h1-11,18H,12H2,(H,22,23)/t18-/m1/s1. The summed E-state index contributed by atoms with van der Waals surface area (Å²) in [4.78, 5) is 16.2. The molecular weight excluding hydrogens is 318 g/mol. The molecule has 2 aromatic carbocycles. The van der Waals surface area contributed by atoms with E-state index in [0.29, 0.717) is 11.5 Å². The van der Waals surface area contributed by atoms with Gasteiger partial charge in [0.15, 0.2) is 11.5 Å². The number of benzene rings is 2. The van der Waals surface area contributed by atoms with Crippen LogP contribution in [-0.2, 0) is 4.79 Å². The minimum atomic E-state index is -0.750. The fourth-order valence-electron chi connectivity index (χ4n) is 2.58. The molecule has 1 aliphatic heterocycles. The summed E-state index contributed by atoms with van der Waals surface area (Å²) in [7, 11) is 0. The Hall–Kier alpha value is -3.41. The minimum absolute atomic E-state index is 0.138. The maximum atomic E-state index is 12.2. The molecule has 0 radical (unpaired) electrons. The fraction of sp³-hybridized carbons (Fsp3) is 0.105.